The van der Waals surface area contributed by atoms with Crippen LogP contribution in [0.25, 0.3) is 0 Å². The van der Waals surface area contributed by atoms with Crippen molar-refractivity contribution in [2.24, 2.45) is 4.99 Å². The Morgan fingerprint density at radius 1 is 1.09 bits per heavy atom. The van der Waals surface area contributed by atoms with Crippen molar-refractivity contribution >= 4 is 40.1 Å². The molecular weight excluding hydrogens is 408 g/mol. The summed E-state index contributed by atoms with van der Waals surface area (Å²) >= 11 is 4.17. The fraction of sp³-hybridized carbons (Fsp3) is 0.278. The molecule has 0 spiro atoms. The van der Waals surface area contributed by atoms with Crippen LogP contribution >= 0.6 is 34.4 Å². The molecule has 1 heterocycles. The maximum Gasteiger partial charge on any atom is 0.112 e. The van der Waals surface area contributed by atoms with Crippen LogP contribution < -0.4 is 0 Å². The summed E-state index contributed by atoms with van der Waals surface area (Å²) in [5, 5.41) is 0. The van der Waals surface area contributed by atoms with Gasteiger partial charge in [-0.15, -0.1) is 11.8 Å². The smallest absolute Gasteiger partial charge is 0.112 e. The van der Waals surface area contributed by atoms with Gasteiger partial charge in [0, 0.05) is 16.5 Å². The summed E-state index contributed by atoms with van der Waals surface area (Å²) in [6.07, 6.45) is 0.817. The van der Waals surface area contributed by atoms with Gasteiger partial charge in [-0.3, -0.25) is 4.99 Å². The predicted molar refractivity (Wildman–Crippen MR) is 101 cm³/mol. The van der Waals surface area contributed by atoms with Gasteiger partial charge in [-0.25, -0.2) is 4.39 Å². The van der Waals surface area contributed by atoms with Crippen molar-refractivity contribution in [1.29, 1.82) is 0 Å². The highest BCUT2D eigenvalue weighted by atomic mass is 127. The van der Waals surface area contributed by atoms with Crippen LogP contribution in [0.5, 0.6) is 0 Å². The van der Waals surface area contributed by atoms with Crippen molar-refractivity contribution in [3.63, 3.8) is 0 Å². The zero-order valence-corrected chi connectivity index (χ0v) is 15.1. The summed E-state index contributed by atoms with van der Waals surface area (Å²) in [4.78, 5) is 5.89. The van der Waals surface area contributed by atoms with E-state index in [-0.39, 0.29) is 12.0 Å². The molecular formula is C18H17FINS. The van der Waals surface area contributed by atoms with Crippen molar-refractivity contribution in [3.05, 3.63) is 65.7 Å². The van der Waals surface area contributed by atoms with Crippen LogP contribution in [-0.4, -0.2) is 22.2 Å². The van der Waals surface area contributed by atoms with E-state index in [0.717, 1.165) is 21.5 Å². The summed E-state index contributed by atoms with van der Waals surface area (Å²) in [5.74, 6) is 0.152. The van der Waals surface area contributed by atoms with Gasteiger partial charge < -0.3 is 0 Å². The maximum absolute atomic E-state index is 13.4. The molecule has 22 heavy (non-hydrogen) atoms. The zero-order valence-electron chi connectivity index (χ0n) is 12.1. The molecule has 0 aliphatic carbocycles. The number of benzene rings is 2. The Morgan fingerprint density at radius 2 is 1.82 bits per heavy atom. The molecule has 1 aliphatic heterocycles. The first kappa shape index (κ1) is 16.0. The van der Waals surface area contributed by atoms with Gasteiger partial charge >= 0.3 is 0 Å². The molecule has 0 amide bonds. The van der Waals surface area contributed by atoms with Crippen LogP contribution in [0.2, 0.25) is 0 Å². The average molecular weight is 425 g/mol. The molecule has 0 bridgehead atoms. The number of hydrogen-bond donors (Lipinski definition) is 0. The normalized spacial score (nSPS) is 20.9. The molecule has 1 aliphatic rings. The SMILES string of the molecule is FC[C@H]1N=C(c2ccccc2)C[C@@H]1c1ccc(SCI)cc1. The number of rotatable bonds is 5. The Morgan fingerprint density at radius 3 is 2.45 bits per heavy atom. The van der Waals surface area contributed by atoms with Gasteiger partial charge in [-0.1, -0.05) is 65.1 Å². The molecule has 0 fully saturated rings. The number of halogens is 2. The van der Waals surface area contributed by atoms with Gasteiger partial charge in [0.15, 0.2) is 0 Å². The fourth-order valence-electron chi connectivity index (χ4n) is 2.87. The third kappa shape index (κ3) is 3.54. The molecule has 2 atom stereocenters. The summed E-state index contributed by atoms with van der Waals surface area (Å²) < 4.78 is 14.4. The first-order chi connectivity index (χ1) is 10.8. The Hall–Kier alpha value is -0.880. The number of thioether (sulfide) groups is 1. The van der Waals surface area contributed by atoms with E-state index in [4.69, 9.17) is 0 Å². The lowest BCUT2D eigenvalue weighted by atomic mass is 9.89. The van der Waals surface area contributed by atoms with Crippen LogP contribution in [0.15, 0.2) is 64.5 Å². The minimum Gasteiger partial charge on any atom is -0.282 e. The minimum absolute atomic E-state index is 0.152. The summed E-state index contributed by atoms with van der Waals surface area (Å²) in [6.45, 7) is -0.398. The highest BCUT2D eigenvalue weighted by Crippen LogP contribution is 2.35. The lowest BCUT2D eigenvalue weighted by Gasteiger charge is -2.16. The van der Waals surface area contributed by atoms with Crippen molar-refractivity contribution in [2.75, 3.05) is 10.4 Å². The zero-order chi connectivity index (χ0) is 15.4. The Labute approximate surface area is 148 Å². The van der Waals surface area contributed by atoms with E-state index in [1.165, 1.54) is 10.5 Å². The number of nitrogens with zero attached hydrogens (tertiary/aromatic N) is 1. The highest BCUT2D eigenvalue weighted by molar-refractivity contribution is 14.1. The molecule has 0 radical (unpaired) electrons. The van der Waals surface area contributed by atoms with Crippen molar-refractivity contribution < 1.29 is 4.39 Å². The van der Waals surface area contributed by atoms with Gasteiger partial charge in [-0.2, -0.15) is 0 Å². The van der Waals surface area contributed by atoms with Crippen LogP contribution in [0.3, 0.4) is 0 Å². The van der Waals surface area contributed by atoms with Crippen LogP contribution in [-0.2, 0) is 0 Å². The van der Waals surface area contributed by atoms with E-state index in [9.17, 15) is 4.39 Å². The lowest BCUT2D eigenvalue weighted by Crippen LogP contribution is -2.14. The molecule has 0 N–H and O–H groups in total. The largest absolute Gasteiger partial charge is 0.282 e. The molecule has 0 unspecified atom stereocenters. The monoisotopic (exact) mass is 425 g/mol. The molecule has 0 saturated carbocycles. The molecule has 2 aromatic rings. The Bertz CT molecular complexity index is 642. The third-order valence-corrected chi connectivity index (χ3v) is 5.64. The first-order valence-electron chi connectivity index (χ1n) is 7.28. The quantitative estimate of drug-likeness (QED) is 0.351. The van der Waals surface area contributed by atoms with Gasteiger partial charge in [0.25, 0.3) is 0 Å². The molecule has 0 aromatic heterocycles. The van der Waals surface area contributed by atoms with Crippen LogP contribution in [0.4, 0.5) is 4.39 Å². The third-order valence-electron chi connectivity index (χ3n) is 3.99. The van der Waals surface area contributed by atoms with Gasteiger partial charge in [0.2, 0.25) is 0 Å². The maximum atomic E-state index is 13.4. The molecule has 1 nitrogen and oxygen atoms in total. The molecule has 2 aromatic carbocycles. The second-order valence-electron chi connectivity index (χ2n) is 5.30. The molecule has 114 valence electrons. The number of aliphatic imine (C=N–C) groups is 1. The predicted octanol–water partition coefficient (Wildman–Crippen LogP) is 5.49. The Balaban J connectivity index is 1.80. The van der Waals surface area contributed by atoms with E-state index in [2.05, 4.69) is 64.0 Å². The standard InChI is InChI=1S/C18H17FINS/c19-11-18-16(13-6-8-15(9-7-13)22-12-20)10-17(21-18)14-4-2-1-3-5-14/h1-9,16,18H,10-12H2/t16-,18-/m1/s1. The summed E-state index contributed by atoms with van der Waals surface area (Å²) in [7, 11) is 0. The molecule has 0 saturated heterocycles. The Kier molecular flexibility index (Phi) is 5.52. The summed E-state index contributed by atoms with van der Waals surface area (Å²) in [5.41, 5.74) is 3.33. The van der Waals surface area contributed by atoms with Crippen LogP contribution in [0, 0.1) is 0 Å². The van der Waals surface area contributed by atoms with Crippen molar-refractivity contribution in [1.82, 2.24) is 0 Å². The highest BCUT2D eigenvalue weighted by Gasteiger charge is 2.30. The van der Waals surface area contributed by atoms with Gasteiger partial charge in [0.1, 0.15) is 6.67 Å². The average Bonchev–Trinajstić information content (AvgIpc) is 3.01. The van der Waals surface area contributed by atoms with Crippen molar-refractivity contribution in [3.8, 4) is 0 Å². The van der Waals surface area contributed by atoms with E-state index in [1.807, 2.05) is 30.0 Å². The van der Waals surface area contributed by atoms with E-state index in [1.54, 1.807) is 0 Å². The lowest BCUT2D eigenvalue weighted by molar-refractivity contribution is 0.404. The van der Waals surface area contributed by atoms with Crippen molar-refractivity contribution in [2.45, 2.75) is 23.3 Å². The van der Waals surface area contributed by atoms with Gasteiger partial charge in [0.05, 0.1) is 9.80 Å². The summed E-state index contributed by atoms with van der Waals surface area (Å²) in [6, 6.07) is 18.4. The van der Waals surface area contributed by atoms with E-state index >= 15 is 0 Å². The van der Waals surface area contributed by atoms with Crippen LogP contribution in [0.1, 0.15) is 23.5 Å². The number of hydrogen-bond acceptors (Lipinski definition) is 2. The van der Waals surface area contributed by atoms with E-state index in [0.29, 0.717) is 0 Å². The van der Waals surface area contributed by atoms with Gasteiger partial charge in [-0.05, 0) is 29.7 Å². The topological polar surface area (TPSA) is 12.4 Å². The second-order valence-corrected chi connectivity index (χ2v) is 8.14. The van der Waals surface area contributed by atoms with E-state index < -0.39 is 6.67 Å². The molecule has 4 heteroatoms. The second kappa shape index (κ2) is 7.59. The fourth-order valence-corrected chi connectivity index (χ4v) is 4.40. The minimum atomic E-state index is -0.398. The molecule has 3 rings (SSSR count). The first-order valence-corrected chi connectivity index (χ1v) is 9.79. The number of alkyl halides is 2.